The maximum Gasteiger partial charge on any atom is 0.338 e. The fourth-order valence-corrected chi connectivity index (χ4v) is 2.66. The Labute approximate surface area is 129 Å². The predicted molar refractivity (Wildman–Crippen MR) is 81.8 cm³/mol. The van der Waals surface area contributed by atoms with Crippen molar-refractivity contribution >= 4 is 5.97 Å². The summed E-state index contributed by atoms with van der Waals surface area (Å²) in [5.41, 5.74) is 2.10. The van der Waals surface area contributed by atoms with Crippen LogP contribution in [0.5, 0.6) is 5.75 Å². The normalized spacial score (nSPS) is 19.9. The van der Waals surface area contributed by atoms with Crippen molar-refractivity contribution in [3.8, 4) is 5.75 Å². The van der Waals surface area contributed by atoms with Crippen LogP contribution in [0.1, 0.15) is 47.0 Å². The quantitative estimate of drug-likeness (QED) is 0.882. The van der Waals surface area contributed by atoms with Crippen LogP contribution in [0.3, 0.4) is 0 Å². The van der Waals surface area contributed by atoms with Gasteiger partial charge in [0.1, 0.15) is 11.9 Å². The summed E-state index contributed by atoms with van der Waals surface area (Å²) in [4.78, 5) is 11.8. The Bertz CT molecular complexity index is 666. The van der Waals surface area contributed by atoms with Crippen molar-refractivity contribution < 1.29 is 19.4 Å². The Morgan fingerprint density at radius 1 is 1.27 bits per heavy atom. The number of esters is 1. The second-order valence-corrected chi connectivity index (χ2v) is 5.24. The van der Waals surface area contributed by atoms with Crippen molar-refractivity contribution in [1.29, 1.82) is 0 Å². The molecular weight excluding hydrogens is 280 g/mol. The summed E-state index contributed by atoms with van der Waals surface area (Å²) >= 11 is 0. The van der Waals surface area contributed by atoms with Crippen molar-refractivity contribution in [2.75, 3.05) is 6.61 Å². The molecule has 0 fully saturated rings. The SMILES string of the molecule is CCOC(=O)c1ccc2c(c1)C(O)CC(c1ccccc1)O2. The molecule has 0 spiro atoms. The zero-order chi connectivity index (χ0) is 15.5. The topological polar surface area (TPSA) is 55.8 Å². The van der Waals surface area contributed by atoms with Crippen LogP contribution in [0.4, 0.5) is 0 Å². The van der Waals surface area contributed by atoms with Gasteiger partial charge in [-0.2, -0.15) is 0 Å². The molecule has 3 rings (SSSR count). The van der Waals surface area contributed by atoms with Crippen LogP contribution in [0, 0.1) is 0 Å². The van der Waals surface area contributed by atoms with Gasteiger partial charge in [-0.25, -0.2) is 4.79 Å². The van der Waals surface area contributed by atoms with Crippen LogP contribution >= 0.6 is 0 Å². The fraction of sp³-hybridized carbons (Fsp3) is 0.278. The van der Waals surface area contributed by atoms with Gasteiger partial charge >= 0.3 is 5.97 Å². The second-order valence-electron chi connectivity index (χ2n) is 5.24. The highest BCUT2D eigenvalue weighted by atomic mass is 16.5. The molecule has 2 atom stereocenters. The van der Waals surface area contributed by atoms with E-state index in [0.717, 1.165) is 5.56 Å². The molecule has 0 amide bonds. The van der Waals surface area contributed by atoms with Gasteiger partial charge in [0.05, 0.1) is 18.3 Å². The number of hydrogen-bond acceptors (Lipinski definition) is 4. The van der Waals surface area contributed by atoms with Gasteiger partial charge < -0.3 is 14.6 Å². The van der Waals surface area contributed by atoms with Crippen LogP contribution in [-0.2, 0) is 4.74 Å². The lowest BCUT2D eigenvalue weighted by Gasteiger charge is -2.30. The lowest BCUT2D eigenvalue weighted by molar-refractivity contribution is 0.0522. The summed E-state index contributed by atoms with van der Waals surface area (Å²) < 4.78 is 11.0. The Morgan fingerprint density at radius 2 is 2.05 bits per heavy atom. The lowest BCUT2D eigenvalue weighted by Crippen LogP contribution is -2.19. The van der Waals surface area contributed by atoms with E-state index in [1.807, 2.05) is 30.3 Å². The number of aliphatic hydroxyl groups excluding tert-OH is 1. The molecule has 1 aliphatic rings. The molecule has 0 aromatic heterocycles. The first-order chi connectivity index (χ1) is 10.7. The van der Waals surface area contributed by atoms with E-state index >= 15 is 0 Å². The number of carbonyl (C=O) groups excluding carboxylic acids is 1. The minimum atomic E-state index is -0.664. The number of ether oxygens (including phenoxy) is 2. The van der Waals surface area contributed by atoms with Crippen LogP contribution in [0.25, 0.3) is 0 Å². The number of aliphatic hydroxyl groups is 1. The molecule has 2 aromatic carbocycles. The van der Waals surface area contributed by atoms with E-state index in [2.05, 4.69) is 0 Å². The number of rotatable bonds is 3. The number of fused-ring (bicyclic) bond motifs is 1. The average molecular weight is 298 g/mol. The molecule has 114 valence electrons. The molecule has 2 aromatic rings. The van der Waals surface area contributed by atoms with E-state index in [1.165, 1.54) is 0 Å². The van der Waals surface area contributed by atoms with Gasteiger partial charge in [-0.05, 0) is 30.7 Å². The molecular formula is C18H18O4. The lowest BCUT2D eigenvalue weighted by atomic mass is 9.94. The van der Waals surface area contributed by atoms with Gasteiger partial charge in [-0.1, -0.05) is 30.3 Å². The third kappa shape index (κ3) is 2.83. The van der Waals surface area contributed by atoms with Gasteiger partial charge in [0, 0.05) is 12.0 Å². The maximum atomic E-state index is 11.8. The van der Waals surface area contributed by atoms with E-state index in [1.54, 1.807) is 25.1 Å². The summed E-state index contributed by atoms with van der Waals surface area (Å²) in [6.07, 6.45) is -0.385. The van der Waals surface area contributed by atoms with E-state index < -0.39 is 6.10 Å². The molecule has 0 aliphatic carbocycles. The minimum Gasteiger partial charge on any atom is -0.485 e. The van der Waals surface area contributed by atoms with Crippen molar-refractivity contribution in [2.24, 2.45) is 0 Å². The second kappa shape index (κ2) is 6.20. The Hall–Kier alpha value is -2.33. The fourth-order valence-electron chi connectivity index (χ4n) is 2.66. The summed E-state index contributed by atoms with van der Waals surface area (Å²) in [5, 5.41) is 10.4. The first kappa shape index (κ1) is 14.6. The van der Waals surface area contributed by atoms with Crippen LogP contribution in [-0.4, -0.2) is 17.7 Å². The molecule has 0 bridgehead atoms. The Morgan fingerprint density at radius 3 is 2.77 bits per heavy atom. The zero-order valence-corrected chi connectivity index (χ0v) is 12.4. The highest BCUT2D eigenvalue weighted by Gasteiger charge is 2.28. The van der Waals surface area contributed by atoms with E-state index in [0.29, 0.717) is 29.9 Å². The maximum absolute atomic E-state index is 11.8. The highest BCUT2D eigenvalue weighted by Crippen LogP contribution is 2.41. The van der Waals surface area contributed by atoms with Gasteiger partial charge in [-0.3, -0.25) is 0 Å². The predicted octanol–water partition coefficient (Wildman–Crippen LogP) is 3.42. The van der Waals surface area contributed by atoms with Crippen LogP contribution in [0.2, 0.25) is 0 Å². The first-order valence-electron chi connectivity index (χ1n) is 7.39. The minimum absolute atomic E-state index is 0.183. The smallest absolute Gasteiger partial charge is 0.338 e. The summed E-state index contributed by atoms with van der Waals surface area (Å²) in [5.74, 6) is 0.225. The largest absolute Gasteiger partial charge is 0.485 e. The summed E-state index contributed by atoms with van der Waals surface area (Å²) in [7, 11) is 0. The number of hydrogen-bond donors (Lipinski definition) is 1. The number of benzene rings is 2. The van der Waals surface area contributed by atoms with Crippen molar-refractivity contribution in [3.63, 3.8) is 0 Å². The van der Waals surface area contributed by atoms with Crippen molar-refractivity contribution in [3.05, 3.63) is 65.2 Å². The number of carbonyl (C=O) groups is 1. The van der Waals surface area contributed by atoms with Crippen LogP contribution in [0.15, 0.2) is 48.5 Å². The Balaban J connectivity index is 1.87. The summed E-state index contributed by atoms with van der Waals surface area (Å²) in [6, 6.07) is 14.8. The molecule has 1 N–H and O–H groups in total. The standard InChI is InChI=1S/C18H18O4/c1-2-21-18(20)13-8-9-16-14(10-13)15(19)11-17(22-16)12-6-4-3-5-7-12/h3-10,15,17,19H,2,11H2,1H3. The third-order valence-corrected chi connectivity index (χ3v) is 3.76. The highest BCUT2D eigenvalue weighted by molar-refractivity contribution is 5.90. The first-order valence-corrected chi connectivity index (χ1v) is 7.39. The van der Waals surface area contributed by atoms with Gasteiger partial charge in [0.25, 0.3) is 0 Å². The van der Waals surface area contributed by atoms with Crippen molar-refractivity contribution in [2.45, 2.75) is 25.6 Å². The molecule has 0 radical (unpaired) electrons. The van der Waals surface area contributed by atoms with E-state index in [-0.39, 0.29) is 12.1 Å². The average Bonchev–Trinajstić information content (AvgIpc) is 2.55. The third-order valence-electron chi connectivity index (χ3n) is 3.76. The molecule has 0 saturated heterocycles. The van der Waals surface area contributed by atoms with E-state index in [9.17, 15) is 9.90 Å². The monoisotopic (exact) mass is 298 g/mol. The summed E-state index contributed by atoms with van der Waals surface area (Å²) in [6.45, 7) is 2.09. The van der Waals surface area contributed by atoms with Crippen LogP contribution < -0.4 is 4.74 Å². The van der Waals surface area contributed by atoms with Crippen molar-refractivity contribution in [1.82, 2.24) is 0 Å². The van der Waals surface area contributed by atoms with E-state index in [4.69, 9.17) is 9.47 Å². The molecule has 4 nitrogen and oxygen atoms in total. The molecule has 1 heterocycles. The molecule has 1 aliphatic heterocycles. The zero-order valence-electron chi connectivity index (χ0n) is 12.4. The molecule has 4 heteroatoms. The van der Waals surface area contributed by atoms with Gasteiger partial charge in [0.2, 0.25) is 0 Å². The Kier molecular flexibility index (Phi) is 4.11. The van der Waals surface area contributed by atoms with Gasteiger partial charge in [0.15, 0.2) is 0 Å². The molecule has 2 unspecified atom stereocenters. The molecule has 22 heavy (non-hydrogen) atoms. The molecule has 0 saturated carbocycles. The van der Waals surface area contributed by atoms with Gasteiger partial charge in [-0.15, -0.1) is 0 Å².